The van der Waals surface area contributed by atoms with E-state index in [1.54, 1.807) is 24.5 Å². The summed E-state index contributed by atoms with van der Waals surface area (Å²) in [5, 5.41) is 16.4. The Labute approximate surface area is 233 Å². The number of halogens is 1. The maximum absolute atomic E-state index is 12.7. The predicted octanol–water partition coefficient (Wildman–Crippen LogP) is 8.54. The van der Waals surface area contributed by atoms with Gasteiger partial charge in [-0.05, 0) is 71.8 Å². The first-order valence-electron chi connectivity index (χ1n) is 12.0. The van der Waals surface area contributed by atoms with Gasteiger partial charge in [-0.15, -0.1) is 11.3 Å². The Bertz CT molecular complexity index is 1500. The van der Waals surface area contributed by atoms with Crippen molar-refractivity contribution >= 4 is 52.0 Å². The second-order valence-corrected chi connectivity index (χ2v) is 11.8. The van der Waals surface area contributed by atoms with E-state index in [0.717, 1.165) is 38.3 Å². The van der Waals surface area contributed by atoms with Crippen molar-refractivity contribution in [2.45, 2.75) is 38.2 Å². The molecule has 5 rings (SSSR count). The number of thiophene rings is 2. The molecule has 1 amide bonds. The molecule has 0 spiro atoms. The van der Waals surface area contributed by atoms with Crippen LogP contribution >= 0.6 is 34.3 Å². The first-order chi connectivity index (χ1) is 18.2. The Kier molecular flexibility index (Phi) is 7.22. The van der Waals surface area contributed by atoms with Crippen LogP contribution in [0.15, 0.2) is 59.3 Å². The SMILES string of the molecule is COc1cc(-c2sc(Cl)cc2NC(=O)OC(C)c2cscc2C)ccc1-c1ccc(C2(C(=O)O)CC2)cc1. The minimum atomic E-state index is -0.772. The topological polar surface area (TPSA) is 84.9 Å². The van der Waals surface area contributed by atoms with Gasteiger partial charge < -0.3 is 14.6 Å². The van der Waals surface area contributed by atoms with E-state index in [4.69, 9.17) is 21.1 Å². The van der Waals surface area contributed by atoms with Gasteiger partial charge in [-0.1, -0.05) is 48.0 Å². The first-order valence-corrected chi connectivity index (χ1v) is 14.2. The summed E-state index contributed by atoms with van der Waals surface area (Å²) < 4.78 is 11.9. The summed E-state index contributed by atoms with van der Waals surface area (Å²) in [7, 11) is 1.60. The van der Waals surface area contributed by atoms with Gasteiger partial charge in [0.2, 0.25) is 0 Å². The zero-order chi connectivity index (χ0) is 27.0. The highest BCUT2D eigenvalue weighted by Crippen LogP contribution is 2.49. The number of methoxy groups -OCH3 is 1. The van der Waals surface area contributed by atoms with Gasteiger partial charge in [-0.25, -0.2) is 4.79 Å². The zero-order valence-corrected chi connectivity index (χ0v) is 23.4. The number of aliphatic carboxylic acids is 1. The number of anilines is 1. The van der Waals surface area contributed by atoms with Crippen LogP contribution in [-0.4, -0.2) is 24.3 Å². The predicted molar refractivity (Wildman–Crippen MR) is 153 cm³/mol. The van der Waals surface area contributed by atoms with Gasteiger partial charge in [-0.2, -0.15) is 11.3 Å². The van der Waals surface area contributed by atoms with Crippen molar-refractivity contribution in [3.63, 3.8) is 0 Å². The lowest BCUT2D eigenvalue weighted by atomic mass is 9.93. The highest BCUT2D eigenvalue weighted by atomic mass is 35.5. The molecule has 0 aliphatic heterocycles. The Hall–Kier alpha value is -3.33. The molecule has 38 heavy (non-hydrogen) atoms. The Balaban J connectivity index is 1.37. The fourth-order valence-corrected chi connectivity index (χ4v) is 6.72. The maximum atomic E-state index is 12.7. The number of hydrogen-bond acceptors (Lipinski definition) is 6. The number of ether oxygens (including phenoxy) is 2. The molecule has 4 aromatic rings. The van der Waals surface area contributed by atoms with E-state index in [2.05, 4.69) is 5.32 Å². The maximum Gasteiger partial charge on any atom is 0.412 e. The number of carboxylic acids is 1. The molecule has 9 heteroatoms. The molecule has 2 heterocycles. The first kappa shape index (κ1) is 26.3. The lowest BCUT2D eigenvalue weighted by molar-refractivity contribution is -0.140. The Morgan fingerprint density at radius 2 is 1.79 bits per heavy atom. The van der Waals surface area contributed by atoms with E-state index < -0.39 is 17.5 Å². The van der Waals surface area contributed by atoms with Crippen molar-refractivity contribution in [3.8, 4) is 27.3 Å². The van der Waals surface area contributed by atoms with Crippen LogP contribution in [0.25, 0.3) is 21.6 Å². The van der Waals surface area contributed by atoms with Crippen molar-refractivity contribution in [2.24, 2.45) is 0 Å². The van der Waals surface area contributed by atoms with Crippen LogP contribution in [-0.2, 0) is 14.9 Å². The van der Waals surface area contributed by atoms with Gasteiger partial charge in [0.25, 0.3) is 0 Å². The average Bonchev–Trinajstić information content (AvgIpc) is 3.48. The number of carboxylic acid groups (broad SMARTS) is 1. The van der Waals surface area contributed by atoms with Gasteiger partial charge in [0.15, 0.2) is 0 Å². The standard InChI is InChI=1S/C29H26ClNO5S2/c1-16-14-37-15-22(16)17(2)36-28(34)31-23-13-25(30)38-26(23)19-6-9-21(24(12-19)35-3)18-4-7-20(8-5-18)29(10-11-29)27(32)33/h4-9,12-15,17H,10-11H2,1-3H3,(H,31,34)(H,32,33). The summed E-state index contributed by atoms with van der Waals surface area (Å²) in [4.78, 5) is 25.1. The highest BCUT2D eigenvalue weighted by Gasteiger charge is 2.51. The van der Waals surface area contributed by atoms with Gasteiger partial charge in [-0.3, -0.25) is 10.1 Å². The summed E-state index contributed by atoms with van der Waals surface area (Å²) in [5.41, 5.74) is 5.34. The molecule has 1 aliphatic rings. The molecule has 196 valence electrons. The quantitative estimate of drug-likeness (QED) is 0.223. The molecule has 6 nitrogen and oxygen atoms in total. The van der Waals surface area contributed by atoms with Crippen molar-refractivity contribution in [1.29, 1.82) is 0 Å². The lowest BCUT2D eigenvalue weighted by Crippen LogP contribution is -2.19. The number of rotatable bonds is 8. The molecule has 1 saturated carbocycles. The van der Waals surface area contributed by atoms with Crippen molar-refractivity contribution in [3.05, 3.63) is 80.3 Å². The molecule has 1 unspecified atom stereocenters. The molecule has 2 aromatic heterocycles. The Morgan fingerprint density at radius 3 is 2.39 bits per heavy atom. The highest BCUT2D eigenvalue weighted by molar-refractivity contribution is 7.20. The summed E-state index contributed by atoms with van der Waals surface area (Å²) >= 11 is 9.26. The summed E-state index contributed by atoms with van der Waals surface area (Å²) in [6.07, 6.45) is 0.395. The van der Waals surface area contributed by atoms with Crippen molar-refractivity contribution in [1.82, 2.24) is 0 Å². The van der Waals surface area contributed by atoms with Gasteiger partial charge in [0.1, 0.15) is 11.9 Å². The molecule has 0 bridgehead atoms. The Morgan fingerprint density at radius 1 is 1.08 bits per heavy atom. The molecule has 1 fully saturated rings. The third-order valence-corrected chi connectivity index (χ3v) is 9.12. The number of carbonyl (C=O) groups is 2. The van der Waals surface area contributed by atoms with Crippen molar-refractivity contribution < 1.29 is 24.2 Å². The third-order valence-electron chi connectivity index (χ3n) is 6.93. The monoisotopic (exact) mass is 567 g/mol. The van der Waals surface area contributed by atoms with E-state index in [-0.39, 0.29) is 6.10 Å². The average molecular weight is 568 g/mol. The minimum absolute atomic E-state index is 0.380. The minimum Gasteiger partial charge on any atom is -0.496 e. The fourth-order valence-electron chi connectivity index (χ4n) is 4.61. The van der Waals surface area contributed by atoms with E-state index in [1.165, 1.54) is 11.3 Å². The molecule has 0 saturated heterocycles. The van der Waals surface area contributed by atoms with Crippen LogP contribution in [0.2, 0.25) is 4.34 Å². The van der Waals surface area contributed by atoms with Crippen LogP contribution in [0.5, 0.6) is 5.75 Å². The number of aryl methyl sites for hydroxylation is 1. The second-order valence-electron chi connectivity index (χ2n) is 9.36. The molecule has 1 atom stereocenters. The lowest BCUT2D eigenvalue weighted by Gasteiger charge is -2.15. The van der Waals surface area contributed by atoms with E-state index >= 15 is 0 Å². The van der Waals surface area contributed by atoms with E-state index in [0.29, 0.717) is 28.6 Å². The molecular weight excluding hydrogens is 542 g/mol. The molecule has 2 aromatic carbocycles. The largest absolute Gasteiger partial charge is 0.496 e. The number of hydrogen-bond donors (Lipinski definition) is 2. The van der Waals surface area contributed by atoms with Crippen molar-refractivity contribution in [2.75, 3.05) is 12.4 Å². The molecular formula is C29H26ClNO5S2. The second kappa shape index (κ2) is 10.4. The van der Waals surface area contributed by atoms with Crippen LogP contribution in [0, 0.1) is 6.92 Å². The van der Waals surface area contributed by atoms with Gasteiger partial charge in [0.05, 0.1) is 27.4 Å². The normalized spacial score (nSPS) is 14.5. The molecule has 1 aliphatic carbocycles. The van der Waals surface area contributed by atoms with Gasteiger partial charge in [0, 0.05) is 11.1 Å². The summed E-state index contributed by atoms with van der Waals surface area (Å²) in [6.45, 7) is 3.84. The zero-order valence-electron chi connectivity index (χ0n) is 21.0. The van der Waals surface area contributed by atoms with Crippen LogP contribution < -0.4 is 10.1 Å². The molecule has 0 radical (unpaired) electrons. The molecule has 2 N–H and O–H groups in total. The number of nitrogens with one attached hydrogen (secondary N) is 1. The number of carbonyl (C=O) groups excluding carboxylic acids is 1. The fraction of sp³-hybridized carbons (Fsp3) is 0.241. The van der Waals surface area contributed by atoms with Gasteiger partial charge >= 0.3 is 12.1 Å². The number of amides is 1. The van der Waals surface area contributed by atoms with Crippen LogP contribution in [0.1, 0.15) is 42.6 Å². The van der Waals surface area contributed by atoms with E-state index in [1.807, 2.05) is 67.1 Å². The van der Waals surface area contributed by atoms with Crippen LogP contribution in [0.4, 0.5) is 10.5 Å². The van der Waals surface area contributed by atoms with E-state index in [9.17, 15) is 14.7 Å². The summed E-state index contributed by atoms with van der Waals surface area (Å²) in [5.74, 6) is -0.125. The summed E-state index contributed by atoms with van der Waals surface area (Å²) in [6, 6.07) is 15.1. The third kappa shape index (κ3) is 5.04. The van der Waals surface area contributed by atoms with Crippen LogP contribution in [0.3, 0.4) is 0 Å². The number of benzene rings is 2. The smallest absolute Gasteiger partial charge is 0.412 e.